The molecular weight excluding hydrogens is 160 g/mol. The summed E-state index contributed by atoms with van der Waals surface area (Å²) in [6, 6.07) is 0. The van der Waals surface area contributed by atoms with E-state index in [4.69, 9.17) is 4.74 Å². The molecule has 0 N–H and O–H groups in total. The van der Waals surface area contributed by atoms with E-state index in [1.165, 1.54) is 51.4 Å². The van der Waals surface area contributed by atoms with Gasteiger partial charge >= 0.3 is 0 Å². The van der Waals surface area contributed by atoms with Crippen molar-refractivity contribution in [3.05, 3.63) is 6.92 Å². The van der Waals surface area contributed by atoms with E-state index in [2.05, 4.69) is 6.92 Å². The average molecular weight is 183 g/mol. The minimum Gasteiger partial charge on any atom is -0.378 e. The standard InChI is InChI=1S/C12H23O/c1-2-3-4-8-11-13-12-9-6-5-7-10-12/h12H,1-11H2. The fourth-order valence-corrected chi connectivity index (χ4v) is 1.94. The van der Waals surface area contributed by atoms with Gasteiger partial charge in [0.2, 0.25) is 0 Å². The van der Waals surface area contributed by atoms with Crippen LogP contribution in [0, 0.1) is 6.92 Å². The maximum absolute atomic E-state index is 5.81. The van der Waals surface area contributed by atoms with Crippen LogP contribution in [0.5, 0.6) is 0 Å². The van der Waals surface area contributed by atoms with E-state index in [1.807, 2.05) is 0 Å². The highest BCUT2D eigenvalue weighted by Gasteiger charge is 2.12. The van der Waals surface area contributed by atoms with Crippen LogP contribution in [0.15, 0.2) is 0 Å². The Balaban J connectivity index is 1.86. The molecule has 1 nitrogen and oxygen atoms in total. The molecule has 1 saturated carbocycles. The summed E-state index contributed by atoms with van der Waals surface area (Å²) >= 11 is 0. The molecule has 0 aliphatic heterocycles. The third-order valence-electron chi connectivity index (χ3n) is 2.80. The van der Waals surface area contributed by atoms with Crippen LogP contribution in [0.4, 0.5) is 0 Å². The summed E-state index contributed by atoms with van der Waals surface area (Å²) in [6.07, 6.45) is 12.2. The summed E-state index contributed by atoms with van der Waals surface area (Å²) in [5.74, 6) is 0. The summed E-state index contributed by atoms with van der Waals surface area (Å²) in [7, 11) is 0. The van der Waals surface area contributed by atoms with Crippen molar-refractivity contribution in [3.63, 3.8) is 0 Å². The summed E-state index contributed by atoms with van der Waals surface area (Å²) in [5.41, 5.74) is 0. The molecule has 77 valence electrons. The number of hydrogen-bond acceptors (Lipinski definition) is 1. The smallest absolute Gasteiger partial charge is 0.0575 e. The monoisotopic (exact) mass is 183 g/mol. The molecule has 1 aliphatic carbocycles. The Labute approximate surface area is 82.9 Å². The first kappa shape index (κ1) is 11.0. The predicted octanol–water partition coefficient (Wildman–Crippen LogP) is 3.73. The zero-order valence-electron chi connectivity index (χ0n) is 8.76. The van der Waals surface area contributed by atoms with Gasteiger partial charge in [0.15, 0.2) is 0 Å². The van der Waals surface area contributed by atoms with Gasteiger partial charge in [-0.05, 0) is 19.3 Å². The molecule has 1 heteroatoms. The lowest BCUT2D eigenvalue weighted by Gasteiger charge is -2.21. The van der Waals surface area contributed by atoms with Crippen molar-refractivity contribution < 1.29 is 4.74 Å². The molecule has 1 fully saturated rings. The SMILES string of the molecule is [CH2]CCCCCOC1CCCCC1. The molecular formula is C12H23O. The Morgan fingerprint density at radius 1 is 1.00 bits per heavy atom. The second-order valence-electron chi connectivity index (χ2n) is 4.05. The third-order valence-corrected chi connectivity index (χ3v) is 2.80. The number of unbranched alkanes of at least 4 members (excludes halogenated alkanes) is 3. The number of hydrogen-bond donors (Lipinski definition) is 0. The normalized spacial score (nSPS) is 19.2. The summed E-state index contributed by atoms with van der Waals surface area (Å²) in [5, 5.41) is 0. The molecule has 0 aromatic rings. The zero-order valence-corrected chi connectivity index (χ0v) is 8.76. The molecule has 0 aromatic heterocycles. The van der Waals surface area contributed by atoms with Crippen molar-refractivity contribution in [2.24, 2.45) is 0 Å². The van der Waals surface area contributed by atoms with Crippen LogP contribution in [-0.2, 0) is 4.74 Å². The van der Waals surface area contributed by atoms with Gasteiger partial charge < -0.3 is 4.74 Å². The van der Waals surface area contributed by atoms with Gasteiger partial charge in [-0.1, -0.05) is 45.4 Å². The van der Waals surface area contributed by atoms with E-state index in [1.54, 1.807) is 0 Å². The van der Waals surface area contributed by atoms with Crippen molar-refractivity contribution >= 4 is 0 Å². The summed E-state index contributed by atoms with van der Waals surface area (Å²) in [4.78, 5) is 0. The Morgan fingerprint density at radius 3 is 2.46 bits per heavy atom. The third kappa shape index (κ3) is 5.30. The van der Waals surface area contributed by atoms with Gasteiger partial charge in [0.1, 0.15) is 0 Å². The second kappa shape index (κ2) is 7.37. The largest absolute Gasteiger partial charge is 0.378 e. The topological polar surface area (TPSA) is 9.23 Å². The molecule has 1 aliphatic rings. The Hall–Kier alpha value is -0.0400. The van der Waals surface area contributed by atoms with Gasteiger partial charge in [0.05, 0.1) is 6.10 Å². The van der Waals surface area contributed by atoms with E-state index in [-0.39, 0.29) is 0 Å². The molecule has 0 spiro atoms. The van der Waals surface area contributed by atoms with Crippen LogP contribution in [-0.4, -0.2) is 12.7 Å². The minimum absolute atomic E-state index is 0.591. The first-order valence-electron chi connectivity index (χ1n) is 5.84. The lowest BCUT2D eigenvalue weighted by atomic mass is 9.98. The van der Waals surface area contributed by atoms with Crippen LogP contribution < -0.4 is 0 Å². The molecule has 0 atom stereocenters. The molecule has 0 amide bonds. The predicted molar refractivity (Wildman–Crippen MR) is 56.7 cm³/mol. The van der Waals surface area contributed by atoms with E-state index < -0.39 is 0 Å². The van der Waals surface area contributed by atoms with Gasteiger partial charge in [0, 0.05) is 6.61 Å². The average Bonchev–Trinajstić information content (AvgIpc) is 2.19. The molecule has 0 unspecified atom stereocenters. The Morgan fingerprint density at radius 2 is 1.77 bits per heavy atom. The molecule has 0 aromatic carbocycles. The van der Waals surface area contributed by atoms with Crippen molar-refractivity contribution in [1.29, 1.82) is 0 Å². The van der Waals surface area contributed by atoms with Crippen LogP contribution in [0.1, 0.15) is 57.8 Å². The van der Waals surface area contributed by atoms with Gasteiger partial charge in [-0.2, -0.15) is 0 Å². The van der Waals surface area contributed by atoms with E-state index in [9.17, 15) is 0 Å². The number of ether oxygens (including phenoxy) is 1. The lowest BCUT2D eigenvalue weighted by molar-refractivity contribution is 0.0263. The van der Waals surface area contributed by atoms with Crippen molar-refractivity contribution in [1.82, 2.24) is 0 Å². The fraction of sp³-hybridized carbons (Fsp3) is 0.917. The summed E-state index contributed by atoms with van der Waals surface area (Å²) < 4.78 is 5.81. The van der Waals surface area contributed by atoms with Crippen molar-refractivity contribution in [2.75, 3.05) is 6.61 Å². The first-order valence-corrected chi connectivity index (χ1v) is 5.84. The van der Waals surface area contributed by atoms with Crippen molar-refractivity contribution in [2.45, 2.75) is 63.9 Å². The quantitative estimate of drug-likeness (QED) is 0.570. The van der Waals surface area contributed by atoms with Gasteiger partial charge in [0.25, 0.3) is 0 Å². The van der Waals surface area contributed by atoms with E-state index in [0.29, 0.717) is 6.10 Å². The van der Waals surface area contributed by atoms with Gasteiger partial charge in [-0.25, -0.2) is 0 Å². The van der Waals surface area contributed by atoms with Gasteiger partial charge in [-0.15, -0.1) is 0 Å². The zero-order chi connectivity index (χ0) is 9.36. The summed E-state index contributed by atoms with van der Waals surface area (Å²) in [6.45, 7) is 4.81. The van der Waals surface area contributed by atoms with Crippen LogP contribution in [0.2, 0.25) is 0 Å². The highest BCUT2D eigenvalue weighted by molar-refractivity contribution is 4.64. The number of rotatable bonds is 6. The minimum atomic E-state index is 0.591. The highest BCUT2D eigenvalue weighted by atomic mass is 16.5. The maximum atomic E-state index is 5.81. The first-order chi connectivity index (χ1) is 6.43. The molecule has 0 bridgehead atoms. The molecule has 13 heavy (non-hydrogen) atoms. The lowest BCUT2D eigenvalue weighted by Crippen LogP contribution is -2.17. The van der Waals surface area contributed by atoms with Gasteiger partial charge in [-0.3, -0.25) is 0 Å². The molecule has 1 radical (unpaired) electrons. The van der Waals surface area contributed by atoms with E-state index in [0.717, 1.165) is 13.0 Å². The Kier molecular flexibility index (Phi) is 6.26. The maximum Gasteiger partial charge on any atom is 0.0575 e. The fourth-order valence-electron chi connectivity index (χ4n) is 1.94. The van der Waals surface area contributed by atoms with Crippen molar-refractivity contribution in [3.8, 4) is 0 Å². The van der Waals surface area contributed by atoms with Crippen LogP contribution in [0.25, 0.3) is 0 Å². The van der Waals surface area contributed by atoms with Crippen LogP contribution >= 0.6 is 0 Å². The van der Waals surface area contributed by atoms with E-state index >= 15 is 0 Å². The molecule has 0 saturated heterocycles. The van der Waals surface area contributed by atoms with Crippen LogP contribution in [0.3, 0.4) is 0 Å². The Bertz CT molecular complexity index is 106. The molecule has 0 heterocycles. The second-order valence-corrected chi connectivity index (χ2v) is 4.05. The molecule has 1 rings (SSSR count). The highest BCUT2D eigenvalue weighted by Crippen LogP contribution is 2.20.